The molecule has 2 aromatic carbocycles. The molecule has 3 N–H and O–H groups in total. The predicted octanol–water partition coefficient (Wildman–Crippen LogP) is 5.61. The van der Waals surface area contributed by atoms with Crippen molar-refractivity contribution in [3.63, 3.8) is 0 Å². The van der Waals surface area contributed by atoms with Gasteiger partial charge in [-0.15, -0.1) is 0 Å². The van der Waals surface area contributed by atoms with Crippen LogP contribution in [0.5, 0.6) is 0 Å². The molecule has 4 aromatic rings. The molecule has 1 unspecified atom stereocenters. The highest BCUT2D eigenvalue weighted by Gasteiger charge is 2.17. The third-order valence-corrected chi connectivity index (χ3v) is 5.66. The first-order chi connectivity index (χ1) is 15.1. The Bertz CT molecular complexity index is 1200. The van der Waals surface area contributed by atoms with Gasteiger partial charge in [-0.25, -0.2) is 14.4 Å². The van der Waals surface area contributed by atoms with Gasteiger partial charge >= 0.3 is 0 Å². The molecule has 0 bridgehead atoms. The monoisotopic (exact) mass is 417 g/mol. The van der Waals surface area contributed by atoms with E-state index < -0.39 is 5.82 Å². The third-order valence-electron chi connectivity index (χ3n) is 5.66. The molecule has 2 aromatic heterocycles. The second kappa shape index (κ2) is 9.35. The molecule has 0 fully saturated rings. The van der Waals surface area contributed by atoms with E-state index in [2.05, 4.69) is 27.2 Å². The predicted molar refractivity (Wildman–Crippen MR) is 126 cm³/mol. The smallest absolute Gasteiger partial charge is 0.175 e. The van der Waals surface area contributed by atoms with Crippen molar-refractivity contribution >= 4 is 27.5 Å². The largest absolute Gasteiger partial charge is 0.369 e. The summed E-state index contributed by atoms with van der Waals surface area (Å²) in [6, 6.07) is 14.0. The summed E-state index contributed by atoms with van der Waals surface area (Å²) in [6.45, 7) is 4.63. The van der Waals surface area contributed by atoms with E-state index in [-0.39, 0.29) is 6.04 Å². The number of unbranched alkanes of at least 4 members (excludes halogenated alkanes) is 1. The average molecular weight is 418 g/mol. The molecule has 5 nitrogen and oxygen atoms in total. The standard InChI is InChI=1S/C25H28FN5/c1-3-18(27)11-6-7-14-28-25-21-15-29-23(22(26)24(21)30-16(2)31-25)20-13-8-10-17-9-4-5-12-19(17)20/h4-5,8-10,12-13,15,18H,3,6-7,11,14,27H2,1-2H3,(H,28,30,31). The van der Waals surface area contributed by atoms with Gasteiger partial charge in [-0.1, -0.05) is 55.8 Å². The zero-order valence-corrected chi connectivity index (χ0v) is 18.0. The van der Waals surface area contributed by atoms with Crippen molar-refractivity contribution in [2.24, 2.45) is 5.73 Å². The Hall–Kier alpha value is -3.12. The fraction of sp³-hybridized carbons (Fsp3) is 0.320. The number of aromatic nitrogens is 3. The molecule has 4 rings (SSSR count). The first-order valence-corrected chi connectivity index (χ1v) is 10.9. The summed E-state index contributed by atoms with van der Waals surface area (Å²) >= 11 is 0. The van der Waals surface area contributed by atoms with Gasteiger partial charge in [0.1, 0.15) is 22.9 Å². The fourth-order valence-corrected chi connectivity index (χ4v) is 3.87. The number of hydrogen-bond acceptors (Lipinski definition) is 5. The highest BCUT2D eigenvalue weighted by Crippen LogP contribution is 2.32. The third kappa shape index (κ3) is 4.49. The van der Waals surface area contributed by atoms with E-state index in [4.69, 9.17) is 5.73 Å². The number of aryl methyl sites for hydroxylation is 1. The van der Waals surface area contributed by atoms with E-state index in [0.29, 0.717) is 28.2 Å². The van der Waals surface area contributed by atoms with Crippen LogP contribution in [0.2, 0.25) is 0 Å². The van der Waals surface area contributed by atoms with Gasteiger partial charge < -0.3 is 11.1 Å². The van der Waals surface area contributed by atoms with Crippen molar-refractivity contribution in [2.75, 3.05) is 11.9 Å². The lowest BCUT2D eigenvalue weighted by Gasteiger charge is -2.13. The Morgan fingerprint density at radius 1 is 1.03 bits per heavy atom. The van der Waals surface area contributed by atoms with Gasteiger partial charge in [0, 0.05) is 24.3 Å². The maximum atomic E-state index is 15.6. The SMILES string of the molecule is CCC(N)CCCCNc1nc(C)nc2c(F)c(-c3cccc4ccccc34)ncc12. The van der Waals surface area contributed by atoms with Crippen LogP contribution in [0.15, 0.2) is 48.7 Å². The first kappa shape index (κ1) is 21.1. The summed E-state index contributed by atoms with van der Waals surface area (Å²) in [5, 5.41) is 5.94. The molecule has 0 aliphatic heterocycles. The van der Waals surface area contributed by atoms with E-state index in [0.717, 1.165) is 48.6 Å². The van der Waals surface area contributed by atoms with E-state index in [1.165, 1.54) is 0 Å². The van der Waals surface area contributed by atoms with Gasteiger partial charge in [-0.05, 0) is 37.0 Å². The summed E-state index contributed by atoms with van der Waals surface area (Å²) in [5.74, 6) is 0.728. The number of hydrogen-bond donors (Lipinski definition) is 2. The number of benzene rings is 2. The van der Waals surface area contributed by atoms with Crippen LogP contribution in [0.3, 0.4) is 0 Å². The van der Waals surface area contributed by atoms with E-state index in [9.17, 15) is 0 Å². The second-order valence-corrected chi connectivity index (χ2v) is 7.92. The Labute approximate surface area is 181 Å². The number of nitrogens with one attached hydrogen (secondary N) is 1. The minimum atomic E-state index is -0.420. The van der Waals surface area contributed by atoms with Crippen molar-refractivity contribution in [1.82, 2.24) is 15.0 Å². The highest BCUT2D eigenvalue weighted by molar-refractivity contribution is 5.98. The summed E-state index contributed by atoms with van der Waals surface area (Å²) in [7, 11) is 0. The summed E-state index contributed by atoms with van der Waals surface area (Å²) in [5.41, 5.74) is 7.34. The lowest BCUT2D eigenvalue weighted by molar-refractivity contribution is 0.557. The Morgan fingerprint density at radius 3 is 2.68 bits per heavy atom. The fourth-order valence-electron chi connectivity index (χ4n) is 3.87. The number of halogens is 1. The lowest BCUT2D eigenvalue weighted by Crippen LogP contribution is -2.18. The number of rotatable bonds is 8. The zero-order chi connectivity index (χ0) is 21.8. The zero-order valence-electron chi connectivity index (χ0n) is 18.0. The van der Waals surface area contributed by atoms with Crippen LogP contribution < -0.4 is 11.1 Å². The van der Waals surface area contributed by atoms with Crippen LogP contribution in [0.1, 0.15) is 38.4 Å². The van der Waals surface area contributed by atoms with Gasteiger partial charge in [-0.3, -0.25) is 4.98 Å². The molecule has 6 heteroatoms. The number of pyridine rings is 1. The molecule has 0 radical (unpaired) electrons. The van der Waals surface area contributed by atoms with Crippen LogP contribution in [0, 0.1) is 12.7 Å². The lowest BCUT2D eigenvalue weighted by atomic mass is 10.0. The molecule has 0 amide bonds. The quantitative estimate of drug-likeness (QED) is 0.364. The summed E-state index contributed by atoms with van der Waals surface area (Å²) in [4.78, 5) is 13.4. The number of fused-ring (bicyclic) bond motifs is 2. The van der Waals surface area contributed by atoms with Crippen LogP contribution in [-0.2, 0) is 0 Å². The highest BCUT2D eigenvalue weighted by atomic mass is 19.1. The summed E-state index contributed by atoms with van der Waals surface area (Å²) < 4.78 is 15.6. The van der Waals surface area contributed by atoms with Crippen LogP contribution in [0.25, 0.3) is 32.9 Å². The Balaban J connectivity index is 1.65. The molecule has 0 saturated heterocycles. The van der Waals surface area contributed by atoms with Gasteiger partial charge in [0.25, 0.3) is 0 Å². The van der Waals surface area contributed by atoms with E-state index in [1.54, 1.807) is 13.1 Å². The molecule has 0 spiro atoms. The second-order valence-electron chi connectivity index (χ2n) is 7.92. The molecular weight excluding hydrogens is 389 g/mol. The topological polar surface area (TPSA) is 76.7 Å². The number of anilines is 1. The Morgan fingerprint density at radius 2 is 1.84 bits per heavy atom. The maximum absolute atomic E-state index is 15.6. The van der Waals surface area contributed by atoms with Crippen LogP contribution >= 0.6 is 0 Å². The van der Waals surface area contributed by atoms with Crippen LogP contribution in [-0.4, -0.2) is 27.5 Å². The average Bonchev–Trinajstić information content (AvgIpc) is 2.79. The van der Waals surface area contributed by atoms with Crippen molar-refractivity contribution in [3.05, 3.63) is 60.3 Å². The molecule has 0 saturated carbocycles. The first-order valence-electron chi connectivity index (χ1n) is 10.9. The number of nitrogens with two attached hydrogens (primary N) is 1. The molecule has 2 heterocycles. The molecule has 1 atom stereocenters. The van der Waals surface area contributed by atoms with Crippen molar-refractivity contribution in [3.8, 4) is 11.3 Å². The van der Waals surface area contributed by atoms with Gasteiger partial charge in [0.05, 0.1) is 5.39 Å². The van der Waals surface area contributed by atoms with Crippen molar-refractivity contribution < 1.29 is 4.39 Å². The van der Waals surface area contributed by atoms with Crippen molar-refractivity contribution in [2.45, 2.75) is 45.6 Å². The van der Waals surface area contributed by atoms with Gasteiger partial charge in [-0.2, -0.15) is 0 Å². The molecule has 31 heavy (non-hydrogen) atoms. The Kier molecular flexibility index (Phi) is 6.37. The molecule has 0 aliphatic rings. The minimum Gasteiger partial charge on any atom is -0.369 e. The normalized spacial score (nSPS) is 12.4. The van der Waals surface area contributed by atoms with E-state index in [1.807, 2.05) is 42.5 Å². The summed E-state index contributed by atoms with van der Waals surface area (Å²) in [6.07, 6.45) is 5.69. The molecular formula is C25H28FN5. The minimum absolute atomic E-state index is 0.257. The maximum Gasteiger partial charge on any atom is 0.175 e. The van der Waals surface area contributed by atoms with Crippen LogP contribution in [0.4, 0.5) is 10.2 Å². The van der Waals surface area contributed by atoms with Gasteiger partial charge in [0.2, 0.25) is 0 Å². The molecule has 0 aliphatic carbocycles. The molecule has 160 valence electrons. The number of nitrogens with zero attached hydrogens (tertiary/aromatic N) is 3. The van der Waals surface area contributed by atoms with E-state index >= 15 is 4.39 Å². The van der Waals surface area contributed by atoms with Gasteiger partial charge in [0.15, 0.2) is 5.82 Å². The van der Waals surface area contributed by atoms with Crippen molar-refractivity contribution in [1.29, 1.82) is 0 Å².